The number of anilines is 2. The van der Waals surface area contributed by atoms with E-state index in [2.05, 4.69) is 10.5 Å². The summed E-state index contributed by atoms with van der Waals surface area (Å²) < 4.78 is 0. The molecule has 28 heavy (non-hydrogen) atoms. The van der Waals surface area contributed by atoms with Crippen LogP contribution in [0.15, 0.2) is 93.8 Å². The molecule has 0 bridgehead atoms. The molecule has 1 N–H and O–H groups in total. The highest BCUT2D eigenvalue weighted by Gasteiger charge is 2.28. The Kier molecular flexibility index (Phi) is 5.46. The van der Waals surface area contributed by atoms with Crippen molar-refractivity contribution in [2.24, 2.45) is 5.10 Å². The smallest absolute Gasteiger partial charge is 0.259 e. The van der Waals surface area contributed by atoms with E-state index in [-0.39, 0.29) is 6.03 Å². The van der Waals surface area contributed by atoms with Crippen LogP contribution in [-0.4, -0.2) is 12.2 Å². The molecule has 0 radical (unpaired) electrons. The summed E-state index contributed by atoms with van der Waals surface area (Å²) in [6.45, 7) is 0. The minimum atomic E-state index is -0.347. The molecule has 2 amide bonds. The van der Waals surface area contributed by atoms with Crippen LogP contribution in [0.25, 0.3) is 6.08 Å². The zero-order valence-corrected chi connectivity index (χ0v) is 16.3. The third-order valence-corrected chi connectivity index (χ3v) is 5.47. The monoisotopic (exact) mass is 405 g/mol. The first-order valence-corrected chi connectivity index (χ1v) is 9.83. The van der Waals surface area contributed by atoms with Crippen molar-refractivity contribution in [1.29, 1.82) is 0 Å². The van der Waals surface area contributed by atoms with Gasteiger partial charge >= 0.3 is 6.03 Å². The molecule has 0 spiro atoms. The molecule has 6 heteroatoms. The molecule has 0 aromatic heterocycles. The summed E-state index contributed by atoms with van der Waals surface area (Å²) in [5.74, 6) is 0. The Morgan fingerprint density at radius 1 is 0.964 bits per heavy atom. The first-order chi connectivity index (χ1) is 13.7. The maximum atomic E-state index is 12.9. The molecule has 0 atom stereocenters. The number of nitrogens with zero attached hydrogens (tertiary/aromatic N) is 2. The Labute approximate surface area is 172 Å². The molecule has 0 aliphatic carbocycles. The van der Waals surface area contributed by atoms with Crippen LogP contribution in [0.1, 0.15) is 5.56 Å². The lowest BCUT2D eigenvalue weighted by Crippen LogP contribution is -2.35. The van der Waals surface area contributed by atoms with Gasteiger partial charge in [-0.15, -0.1) is 0 Å². The molecule has 0 saturated carbocycles. The highest BCUT2D eigenvalue weighted by Crippen LogP contribution is 2.48. The number of fused-ring (bicyclic) bond motifs is 2. The number of carbonyl (C=O) groups excluding carboxylic acids is 1. The number of allylic oxidation sites excluding steroid dienone is 1. The van der Waals surface area contributed by atoms with Crippen LogP contribution in [0, 0.1) is 0 Å². The molecular formula is C22H16ClN3OS. The van der Waals surface area contributed by atoms with Crippen molar-refractivity contribution in [3.05, 3.63) is 89.5 Å². The number of amides is 2. The third-order valence-electron chi connectivity index (χ3n) is 4.10. The van der Waals surface area contributed by atoms with Gasteiger partial charge in [0.25, 0.3) is 0 Å². The summed E-state index contributed by atoms with van der Waals surface area (Å²) in [5, 5.41) is 4.61. The summed E-state index contributed by atoms with van der Waals surface area (Å²) >= 11 is 7.78. The van der Waals surface area contributed by atoms with E-state index < -0.39 is 0 Å². The Morgan fingerprint density at radius 3 is 2.57 bits per heavy atom. The minimum Gasteiger partial charge on any atom is -0.259 e. The van der Waals surface area contributed by atoms with E-state index in [9.17, 15) is 4.79 Å². The first kappa shape index (κ1) is 18.3. The number of halogens is 1. The molecule has 0 saturated heterocycles. The highest BCUT2D eigenvalue weighted by molar-refractivity contribution is 7.99. The normalized spacial score (nSPS) is 12.8. The van der Waals surface area contributed by atoms with E-state index in [0.29, 0.717) is 5.02 Å². The lowest BCUT2D eigenvalue weighted by molar-refractivity contribution is 0.249. The second-order valence-corrected chi connectivity index (χ2v) is 7.50. The summed E-state index contributed by atoms with van der Waals surface area (Å²) in [6, 6.07) is 22.8. The first-order valence-electron chi connectivity index (χ1n) is 8.64. The maximum absolute atomic E-state index is 12.9. The SMILES string of the molecule is O=C(N/N=C/C=C/c1ccccc1)N1c2ccccc2Sc2ccc(Cl)cc21. The number of benzene rings is 3. The molecule has 138 valence electrons. The minimum absolute atomic E-state index is 0.347. The van der Waals surface area contributed by atoms with Crippen molar-refractivity contribution < 1.29 is 4.79 Å². The van der Waals surface area contributed by atoms with Crippen molar-refractivity contribution in [2.75, 3.05) is 4.90 Å². The molecule has 0 fully saturated rings. The third kappa shape index (κ3) is 3.96. The van der Waals surface area contributed by atoms with Gasteiger partial charge in [0, 0.05) is 21.0 Å². The number of carbonyl (C=O) groups is 1. The Morgan fingerprint density at radius 2 is 1.71 bits per heavy atom. The van der Waals surface area contributed by atoms with E-state index in [4.69, 9.17) is 11.6 Å². The van der Waals surface area contributed by atoms with E-state index in [0.717, 1.165) is 26.7 Å². The number of para-hydroxylation sites is 1. The van der Waals surface area contributed by atoms with Crippen LogP contribution >= 0.6 is 23.4 Å². The van der Waals surface area contributed by atoms with Gasteiger partial charge in [-0.1, -0.05) is 71.9 Å². The van der Waals surface area contributed by atoms with Gasteiger partial charge in [0.15, 0.2) is 0 Å². The van der Waals surface area contributed by atoms with Gasteiger partial charge in [-0.2, -0.15) is 5.10 Å². The van der Waals surface area contributed by atoms with Crippen molar-refractivity contribution in [1.82, 2.24) is 5.43 Å². The molecule has 4 rings (SSSR count). The summed E-state index contributed by atoms with van der Waals surface area (Å²) in [6.07, 6.45) is 5.24. The molecule has 1 aliphatic rings. The lowest BCUT2D eigenvalue weighted by atomic mass is 10.2. The lowest BCUT2D eigenvalue weighted by Gasteiger charge is -2.30. The second-order valence-electron chi connectivity index (χ2n) is 5.98. The van der Waals surface area contributed by atoms with E-state index in [1.54, 1.807) is 35.0 Å². The fraction of sp³-hybridized carbons (Fsp3) is 0. The van der Waals surface area contributed by atoms with Gasteiger partial charge in [0.1, 0.15) is 0 Å². The number of urea groups is 1. The predicted molar refractivity (Wildman–Crippen MR) is 117 cm³/mol. The van der Waals surface area contributed by atoms with Crippen molar-refractivity contribution >= 4 is 53.1 Å². The number of nitrogens with one attached hydrogen (secondary N) is 1. The van der Waals surface area contributed by atoms with Gasteiger partial charge in [0.2, 0.25) is 0 Å². The van der Waals surface area contributed by atoms with Crippen LogP contribution < -0.4 is 10.3 Å². The summed E-state index contributed by atoms with van der Waals surface area (Å²) in [7, 11) is 0. The zero-order valence-electron chi connectivity index (χ0n) is 14.7. The van der Waals surface area contributed by atoms with Crippen LogP contribution in [0.3, 0.4) is 0 Å². The number of hydrogen-bond donors (Lipinski definition) is 1. The fourth-order valence-corrected chi connectivity index (χ4v) is 4.06. The largest absolute Gasteiger partial charge is 0.346 e. The van der Waals surface area contributed by atoms with Crippen LogP contribution in [-0.2, 0) is 0 Å². The maximum Gasteiger partial charge on any atom is 0.346 e. The van der Waals surface area contributed by atoms with Crippen LogP contribution in [0.2, 0.25) is 5.02 Å². The highest BCUT2D eigenvalue weighted by atomic mass is 35.5. The summed E-state index contributed by atoms with van der Waals surface area (Å²) in [5.41, 5.74) is 5.19. The van der Waals surface area contributed by atoms with Crippen molar-refractivity contribution in [3.8, 4) is 0 Å². The second kappa shape index (κ2) is 8.33. The van der Waals surface area contributed by atoms with Crippen molar-refractivity contribution in [3.63, 3.8) is 0 Å². The van der Waals surface area contributed by atoms with Crippen LogP contribution in [0.4, 0.5) is 16.2 Å². The molecule has 3 aromatic rings. The van der Waals surface area contributed by atoms with E-state index in [1.165, 1.54) is 0 Å². The molecular weight excluding hydrogens is 390 g/mol. The molecule has 4 nitrogen and oxygen atoms in total. The number of rotatable bonds is 3. The van der Waals surface area contributed by atoms with E-state index >= 15 is 0 Å². The van der Waals surface area contributed by atoms with Crippen LogP contribution in [0.5, 0.6) is 0 Å². The standard InChI is InChI=1S/C22H16ClN3OS/c23-17-12-13-21-19(15-17)26(18-10-4-5-11-20(18)28-21)22(27)25-24-14-6-9-16-7-2-1-3-8-16/h1-15H,(H,25,27)/b9-6+,24-14+. The molecule has 0 unspecified atom stereocenters. The Balaban J connectivity index is 1.55. The number of hydrazone groups is 1. The molecule has 1 aliphatic heterocycles. The average molecular weight is 406 g/mol. The predicted octanol–water partition coefficient (Wildman–Crippen LogP) is 6.35. The molecule has 1 heterocycles. The topological polar surface area (TPSA) is 44.7 Å². The zero-order chi connectivity index (χ0) is 19.3. The van der Waals surface area contributed by atoms with E-state index in [1.807, 2.05) is 72.8 Å². The number of hydrogen-bond acceptors (Lipinski definition) is 3. The quantitative estimate of drug-likeness (QED) is 0.407. The summed E-state index contributed by atoms with van der Waals surface area (Å²) in [4.78, 5) is 16.5. The van der Waals surface area contributed by atoms with Crippen molar-refractivity contribution in [2.45, 2.75) is 9.79 Å². The Hall–Kier alpha value is -3.02. The van der Waals surface area contributed by atoms with Gasteiger partial charge < -0.3 is 0 Å². The van der Waals surface area contributed by atoms with Gasteiger partial charge in [0.05, 0.1) is 11.4 Å². The molecule has 3 aromatic carbocycles. The fourth-order valence-electron chi connectivity index (χ4n) is 2.85. The average Bonchev–Trinajstić information content (AvgIpc) is 2.72. The van der Waals surface area contributed by atoms with Gasteiger partial charge in [-0.3, -0.25) is 4.90 Å². The Bertz CT molecular complexity index is 1070. The van der Waals surface area contributed by atoms with Gasteiger partial charge in [-0.25, -0.2) is 10.2 Å². The van der Waals surface area contributed by atoms with Gasteiger partial charge in [-0.05, 0) is 42.0 Å².